The largest absolute Gasteiger partial charge is 0.357 e. The number of benzene rings is 1. The summed E-state index contributed by atoms with van der Waals surface area (Å²) in [5.74, 6) is 0.0670. The van der Waals surface area contributed by atoms with Crippen LogP contribution >= 0.6 is 15.9 Å². The van der Waals surface area contributed by atoms with Crippen LogP contribution in [0.3, 0.4) is 0 Å². The van der Waals surface area contributed by atoms with Crippen molar-refractivity contribution in [3.05, 3.63) is 64.0 Å². The third kappa shape index (κ3) is 2.13. The monoisotopic (exact) mass is 355 g/mol. The number of aromatic amines is 1. The topological polar surface area (TPSA) is 49.0 Å². The lowest BCUT2D eigenvalue weighted by Crippen LogP contribution is -2.35. The number of para-hydroxylation sites is 1. The molecule has 0 saturated carbocycles. The molecule has 3 heterocycles. The predicted octanol–water partition coefficient (Wildman–Crippen LogP) is 3.52. The number of carbonyl (C=O) groups excluding carboxylic acids is 1. The molecule has 22 heavy (non-hydrogen) atoms. The molecule has 4 rings (SSSR count). The number of H-pyrrole nitrogens is 1. The highest BCUT2D eigenvalue weighted by Gasteiger charge is 2.25. The Morgan fingerprint density at radius 3 is 2.86 bits per heavy atom. The zero-order valence-corrected chi connectivity index (χ0v) is 13.4. The molecule has 2 aromatic heterocycles. The number of halogens is 1. The summed E-state index contributed by atoms with van der Waals surface area (Å²) in [7, 11) is 0. The average Bonchev–Trinajstić information content (AvgIpc) is 2.94. The number of amides is 1. The number of nitrogens with one attached hydrogen (secondary N) is 1. The molecular weight excluding hydrogens is 342 g/mol. The van der Waals surface area contributed by atoms with Gasteiger partial charge in [0.05, 0.1) is 5.52 Å². The minimum absolute atomic E-state index is 0.0670. The Balaban J connectivity index is 1.71. The van der Waals surface area contributed by atoms with Gasteiger partial charge in [0.15, 0.2) is 0 Å². The molecule has 0 fully saturated rings. The number of pyridine rings is 1. The average molecular weight is 356 g/mol. The molecule has 0 bridgehead atoms. The van der Waals surface area contributed by atoms with E-state index in [1.54, 1.807) is 24.5 Å². The number of carbonyl (C=O) groups is 1. The van der Waals surface area contributed by atoms with Gasteiger partial charge >= 0.3 is 0 Å². The number of fused-ring (bicyclic) bond motifs is 3. The smallest absolute Gasteiger partial charge is 0.254 e. The van der Waals surface area contributed by atoms with Crippen molar-refractivity contribution >= 4 is 32.7 Å². The zero-order valence-electron chi connectivity index (χ0n) is 11.8. The lowest BCUT2D eigenvalue weighted by Gasteiger charge is -2.27. The summed E-state index contributed by atoms with van der Waals surface area (Å²) in [6.07, 6.45) is 4.17. The van der Waals surface area contributed by atoms with E-state index in [9.17, 15) is 4.79 Å². The maximum atomic E-state index is 12.6. The summed E-state index contributed by atoms with van der Waals surface area (Å²) in [5, 5.41) is 1.19. The highest BCUT2D eigenvalue weighted by atomic mass is 79.9. The molecule has 1 aromatic carbocycles. The first kappa shape index (κ1) is 13.5. The Labute approximate surface area is 136 Å². The SMILES string of the molecule is O=C(c1ccncc1)N1CCc2[nH]c3c(Br)cccc3c2C1. The van der Waals surface area contributed by atoms with Crippen LogP contribution in [0.1, 0.15) is 21.6 Å². The molecule has 0 unspecified atom stereocenters. The Bertz CT molecular complexity index is 857. The molecule has 1 N–H and O–H groups in total. The minimum Gasteiger partial charge on any atom is -0.357 e. The highest BCUT2D eigenvalue weighted by Crippen LogP contribution is 2.32. The quantitative estimate of drug-likeness (QED) is 0.725. The van der Waals surface area contributed by atoms with Crippen LogP contribution in [-0.4, -0.2) is 27.3 Å². The van der Waals surface area contributed by atoms with Crippen LogP contribution < -0.4 is 0 Å². The van der Waals surface area contributed by atoms with E-state index in [1.165, 1.54) is 16.6 Å². The minimum atomic E-state index is 0.0670. The van der Waals surface area contributed by atoms with Crippen molar-refractivity contribution in [3.63, 3.8) is 0 Å². The summed E-state index contributed by atoms with van der Waals surface area (Å²) in [5.41, 5.74) is 4.27. The standard InChI is InChI=1S/C17H14BrN3O/c18-14-3-1-2-12-13-10-21(9-6-15(13)20-16(12)14)17(22)11-4-7-19-8-5-11/h1-5,7-8,20H,6,9-10H2. The molecule has 110 valence electrons. The first-order valence-corrected chi connectivity index (χ1v) is 8.00. The molecule has 0 spiro atoms. The second-order valence-electron chi connectivity index (χ2n) is 5.46. The normalized spacial score (nSPS) is 14.1. The Kier molecular flexibility index (Phi) is 3.22. The van der Waals surface area contributed by atoms with Gasteiger partial charge in [-0.25, -0.2) is 0 Å². The second kappa shape index (κ2) is 5.25. The molecule has 1 amide bonds. The number of nitrogens with zero attached hydrogens (tertiary/aromatic N) is 2. The lowest BCUT2D eigenvalue weighted by atomic mass is 10.0. The van der Waals surface area contributed by atoms with Gasteiger partial charge in [-0.05, 0) is 34.1 Å². The van der Waals surface area contributed by atoms with E-state index in [-0.39, 0.29) is 5.91 Å². The second-order valence-corrected chi connectivity index (χ2v) is 6.31. The van der Waals surface area contributed by atoms with E-state index in [1.807, 2.05) is 17.0 Å². The number of hydrogen-bond donors (Lipinski definition) is 1. The van der Waals surface area contributed by atoms with E-state index < -0.39 is 0 Å². The van der Waals surface area contributed by atoms with Crippen LogP contribution in [0.25, 0.3) is 10.9 Å². The first-order chi connectivity index (χ1) is 10.7. The van der Waals surface area contributed by atoms with Crippen molar-refractivity contribution in [2.24, 2.45) is 0 Å². The van der Waals surface area contributed by atoms with Crippen LogP contribution in [-0.2, 0) is 13.0 Å². The van der Waals surface area contributed by atoms with Gasteiger partial charge in [0.2, 0.25) is 0 Å². The molecule has 1 aliphatic rings. The van der Waals surface area contributed by atoms with Crippen molar-refractivity contribution in [1.82, 2.24) is 14.9 Å². The van der Waals surface area contributed by atoms with Crippen LogP contribution in [0.2, 0.25) is 0 Å². The number of aromatic nitrogens is 2. The van der Waals surface area contributed by atoms with Crippen LogP contribution in [0.5, 0.6) is 0 Å². The summed E-state index contributed by atoms with van der Waals surface area (Å²) in [4.78, 5) is 22.0. The van der Waals surface area contributed by atoms with Gasteiger partial charge in [-0.3, -0.25) is 9.78 Å². The summed E-state index contributed by atoms with van der Waals surface area (Å²) in [6, 6.07) is 9.71. The van der Waals surface area contributed by atoms with Crippen molar-refractivity contribution in [3.8, 4) is 0 Å². The van der Waals surface area contributed by atoms with Gasteiger partial charge in [-0.2, -0.15) is 0 Å². The van der Waals surface area contributed by atoms with Crippen LogP contribution in [0, 0.1) is 0 Å². The Hall–Kier alpha value is -2.14. The number of hydrogen-bond acceptors (Lipinski definition) is 2. The highest BCUT2D eigenvalue weighted by molar-refractivity contribution is 9.10. The van der Waals surface area contributed by atoms with Gasteiger partial charge in [-0.15, -0.1) is 0 Å². The fourth-order valence-electron chi connectivity index (χ4n) is 3.05. The van der Waals surface area contributed by atoms with E-state index in [4.69, 9.17) is 0 Å². The van der Waals surface area contributed by atoms with E-state index in [0.717, 1.165) is 23.0 Å². The van der Waals surface area contributed by atoms with Gasteiger partial charge in [-0.1, -0.05) is 12.1 Å². The maximum absolute atomic E-state index is 12.6. The molecule has 0 atom stereocenters. The van der Waals surface area contributed by atoms with E-state index in [2.05, 4.69) is 32.0 Å². The Morgan fingerprint density at radius 1 is 1.23 bits per heavy atom. The molecule has 0 saturated heterocycles. The first-order valence-electron chi connectivity index (χ1n) is 7.21. The van der Waals surface area contributed by atoms with Gasteiger partial charge in [0.1, 0.15) is 0 Å². The van der Waals surface area contributed by atoms with Gasteiger partial charge < -0.3 is 9.88 Å². The molecule has 4 nitrogen and oxygen atoms in total. The zero-order chi connectivity index (χ0) is 15.1. The van der Waals surface area contributed by atoms with Crippen molar-refractivity contribution < 1.29 is 4.79 Å². The third-order valence-electron chi connectivity index (χ3n) is 4.17. The number of rotatable bonds is 1. The molecule has 0 radical (unpaired) electrons. The fraction of sp³-hybridized carbons (Fsp3) is 0.176. The fourth-order valence-corrected chi connectivity index (χ4v) is 3.52. The molecule has 1 aliphatic heterocycles. The summed E-state index contributed by atoms with van der Waals surface area (Å²) in [6.45, 7) is 1.38. The maximum Gasteiger partial charge on any atom is 0.254 e. The third-order valence-corrected chi connectivity index (χ3v) is 4.83. The molecular formula is C17H14BrN3O. The lowest BCUT2D eigenvalue weighted by molar-refractivity contribution is 0.0735. The molecule has 0 aliphatic carbocycles. The van der Waals surface area contributed by atoms with Crippen molar-refractivity contribution in [2.75, 3.05) is 6.54 Å². The van der Waals surface area contributed by atoms with Crippen molar-refractivity contribution in [2.45, 2.75) is 13.0 Å². The predicted molar refractivity (Wildman–Crippen MR) is 88.7 cm³/mol. The van der Waals surface area contributed by atoms with Gasteiger partial charge in [0.25, 0.3) is 5.91 Å². The molecule has 3 aromatic rings. The Morgan fingerprint density at radius 2 is 2.05 bits per heavy atom. The summed E-state index contributed by atoms with van der Waals surface area (Å²) >= 11 is 3.59. The van der Waals surface area contributed by atoms with Crippen molar-refractivity contribution in [1.29, 1.82) is 0 Å². The van der Waals surface area contributed by atoms with E-state index >= 15 is 0 Å². The van der Waals surface area contributed by atoms with E-state index in [0.29, 0.717) is 12.1 Å². The van der Waals surface area contributed by atoms with Gasteiger partial charge in [0, 0.05) is 58.6 Å². The molecule has 5 heteroatoms. The summed E-state index contributed by atoms with van der Waals surface area (Å²) < 4.78 is 1.06. The van der Waals surface area contributed by atoms with Crippen LogP contribution in [0.15, 0.2) is 47.2 Å². The van der Waals surface area contributed by atoms with Crippen LogP contribution in [0.4, 0.5) is 0 Å².